The number of piperazine rings is 1. The molecule has 10 nitrogen and oxygen atoms in total. The Morgan fingerprint density at radius 2 is 1.82 bits per heavy atom. The summed E-state index contributed by atoms with van der Waals surface area (Å²) in [6.45, 7) is 11.7. The van der Waals surface area contributed by atoms with Gasteiger partial charge in [0.05, 0.1) is 28.2 Å². The minimum atomic E-state index is -0.747. The van der Waals surface area contributed by atoms with E-state index in [0.29, 0.717) is 32.7 Å². The Bertz CT molecular complexity index is 1170. The summed E-state index contributed by atoms with van der Waals surface area (Å²) in [7, 11) is 0. The average Bonchev–Trinajstić information content (AvgIpc) is 3.51. The van der Waals surface area contributed by atoms with E-state index in [4.69, 9.17) is 4.74 Å². The van der Waals surface area contributed by atoms with Gasteiger partial charge in [-0.2, -0.15) is 0 Å². The molecule has 2 aromatic rings. The zero-order valence-electron chi connectivity index (χ0n) is 23.3. The van der Waals surface area contributed by atoms with Crippen molar-refractivity contribution in [2.75, 3.05) is 32.7 Å². The number of carbonyl (C=O) groups excluding carboxylic acids is 3. The topological polar surface area (TPSA) is 115 Å². The van der Waals surface area contributed by atoms with E-state index in [1.165, 1.54) is 4.90 Å². The highest BCUT2D eigenvalue weighted by Crippen LogP contribution is 2.27. The second-order valence-corrected chi connectivity index (χ2v) is 12.1. The van der Waals surface area contributed by atoms with Crippen molar-refractivity contribution >= 4 is 29.2 Å². The lowest BCUT2D eigenvalue weighted by Gasteiger charge is -2.39. The Morgan fingerprint density at radius 1 is 1.15 bits per heavy atom. The first-order chi connectivity index (χ1) is 18.4. The average molecular weight is 558 g/mol. The van der Waals surface area contributed by atoms with E-state index in [1.807, 2.05) is 69.3 Å². The molecule has 11 heteroatoms. The molecular weight excluding hydrogens is 518 g/mol. The summed E-state index contributed by atoms with van der Waals surface area (Å²) in [5.74, 6) is -0.467. The lowest BCUT2D eigenvalue weighted by Crippen LogP contribution is -2.57. The fraction of sp³-hybridized carbons (Fsp3) is 0.571. The molecule has 0 aliphatic carbocycles. The molecule has 4 rings (SSSR count). The number of hydrogen-bond acceptors (Lipinski definition) is 8. The van der Waals surface area contributed by atoms with Crippen LogP contribution in [-0.2, 0) is 20.9 Å². The van der Waals surface area contributed by atoms with Gasteiger partial charge in [-0.05, 0) is 45.7 Å². The lowest BCUT2D eigenvalue weighted by molar-refractivity contribution is -0.142. The molecule has 3 amide bonds. The molecule has 2 fully saturated rings. The third kappa shape index (κ3) is 7.14. The number of aryl methyl sites for hydroxylation is 1. The number of aliphatic hydroxyl groups is 1. The number of nitrogens with zero attached hydrogens (tertiary/aromatic N) is 4. The highest BCUT2D eigenvalue weighted by Gasteiger charge is 2.41. The van der Waals surface area contributed by atoms with E-state index in [1.54, 1.807) is 16.2 Å². The number of rotatable bonds is 6. The number of aromatic nitrogens is 1. The lowest BCUT2D eigenvalue weighted by atomic mass is 10.1. The van der Waals surface area contributed by atoms with Gasteiger partial charge < -0.3 is 25.0 Å². The third-order valence-electron chi connectivity index (χ3n) is 7.16. The van der Waals surface area contributed by atoms with Crippen molar-refractivity contribution < 1.29 is 24.2 Å². The smallest absolute Gasteiger partial charge is 0.410 e. The number of aliphatic hydroxyl groups excluding tert-OH is 1. The molecule has 0 radical (unpaired) electrons. The van der Waals surface area contributed by atoms with Crippen LogP contribution in [0.4, 0.5) is 4.79 Å². The molecule has 1 aromatic carbocycles. The zero-order valence-corrected chi connectivity index (χ0v) is 24.2. The van der Waals surface area contributed by atoms with Crippen molar-refractivity contribution in [2.45, 2.75) is 71.4 Å². The monoisotopic (exact) mass is 557 g/mol. The Balaban J connectivity index is 1.31. The molecule has 0 saturated carbocycles. The Hall–Kier alpha value is -3.02. The van der Waals surface area contributed by atoms with Crippen LogP contribution in [0, 0.1) is 6.92 Å². The summed E-state index contributed by atoms with van der Waals surface area (Å²) in [4.78, 5) is 49.5. The molecule has 0 bridgehead atoms. The maximum Gasteiger partial charge on any atom is 0.410 e. The number of likely N-dealkylation sites (tertiary alicyclic amines) is 1. The molecule has 212 valence electrons. The molecule has 2 aliphatic rings. The Kier molecular flexibility index (Phi) is 8.93. The first-order valence-electron chi connectivity index (χ1n) is 13.4. The number of nitrogens with one attached hydrogen (secondary N) is 1. The maximum atomic E-state index is 13.4. The van der Waals surface area contributed by atoms with Gasteiger partial charge in [0.2, 0.25) is 11.8 Å². The van der Waals surface area contributed by atoms with Gasteiger partial charge in [-0.1, -0.05) is 24.3 Å². The highest BCUT2D eigenvalue weighted by molar-refractivity contribution is 7.13. The number of hydrogen-bond donors (Lipinski definition) is 2. The van der Waals surface area contributed by atoms with Crippen molar-refractivity contribution in [3.05, 3.63) is 41.0 Å². The standard InChI is InChI=1S/C28H39N5O5S/c1-18-24(39-17-30-18)21-8-6-20(7-9-21)15-29-25(35)23-14-22(34)16-33(23)26(36)19(2)31-10-12-32(13-11-31)27(37)38-28(3,4)5/h6-9,17,19,22-23,34H,10-16H2,1-5H3,(H,29,35)/t19?,22-,23-/m0/s1. The van der Waals surface area contributed by atoms with E-state index in [9.17, 15) is 19.5 Å². The van der Waals surface area contributed by atoms with Gasteiger partial charge in [-0.15, -0.1) is 11.3 Å². The Morgan fingerprint density at radius 3 is 2.41 bits per heavy atom. The van der Waals surface area contributed by atoms with Crippen molar-refractivity contribution in [2.24, 2.45) is 0 Å². The molecule has 1 aromatic heterocycles. The fourth-order valence-corrected chi connectivity index (χ4v) is 5.79. The predicted octanol–water partition coefficient (Wildman–Crippen LogP) is 2.64. The minimum Gasteiger partial charge on any atom is -0.444 e. The summed E-state index contributed by atoms with van der Waals surface area (Å²) in [6, 6.07) is 6.77. The van der Waals surface area contributed by atoms with Crippen LogP contribution in [0.2, 0.25) is 0 Å². The van der Waals surface area contributed by atoms with Gasteiger partial charge in [-0.3, -0.25) is 14.5 Å². The summed E-state index contributed by atoms with van der Waals surface area (Å²) in [5.41, 5.74) is 4.29. The number of β-amino-alcohol motifs (C(OH)–C–C–N with tert-alkyl or cyclic N) is 1. The largest absolute Gasteiger partial charge is 0.444 e. The van der Waals surface area contributed by atoms with Crippen LogP contribution in [-0.4, -0.2) is 99.2 Å². The van der Waals surface area contributed by atoms with Gasteiger partial charge in [0.25, 0.3) is 0 Å². The maximum absolute atomic E-state index is 13.4. The highest BCUT2D eigenvalue weighted by atomic mass is 32.1. The van der Waals surface area contributed by atoms with Crippen LogP contribution in [0.15, 0.2) is 29.8 Å². The summed E-state index contributed by atoms with van der Waals surface area (Å²) in [5, 5.41) is 13.3. The molecule has 3 heterocycles. The second kappa shape index (κ2) is 12.0. The van der Waals surface area contributed by atoms with Crippen LogP contribution in [0.3, 0.4) is 0 Å². The quantitative estimate of drug-likeness (QED) is 0.561. The molecule has 2 N–H and O–H groups in total. The van der Waals surface area contributed by atoms with E-state index in [2.05, 4.69) is 10.3 Å². The van der Waals surface area contributed by atoms with E-state index in [-0.39, 0.29) is 30.9 Å². The third-order valence-corrected chi connectivity index (χ3v) is 8.14. The molecular formula is C28H39N5O5S. The molecule has 0 spiro atoms. The van der Waals surface area contributed by atoms with Gasteiger partial charge in [-0.25, -0.2) is 9.78 Å². The number of benzene rings is 1. The fourth-order valence-electron chi connectivity index (χ4n) is 4.98. The number of thiazole rings is 1. The van der Waals surface area contributed by atoms with Gasteiger partial charge in [0.1, 0.15) is 11.6 Å². The zero-order chi connectivity index (χ0) is 28.3. The van der Waals surface area contributed by atoms with Crippen molar-refractivity contribution in [1.29, 1.82) is 0 Å². The molecule has 3 atom stereocenters. The van der Waals surface area contributed by atoms with Crippen LogP contribution in [0.1, 0.15) is 45.4 Å². The summed E-state index contributed by atoms with van der Waals surface area (Å²) in [6.07, 6.45) is -0.892. The van der Waals surface area contributed by atoms with Gasteiger partial charge >= 0.3 is 6.09 Å². The van der Waals surface area contributed by atoms with E-state index in [0.717, 1.165) is 21.7 Å². The first kappa shape index (κ1) is 29.0. The predicted molar refractivity (Wildman–Crippen MR) is 149 cm³/mol. The van der Waals surface area contributed by atoms with E-state index >= 15 is 0 Å². The molecule has 2 saturated heterocycles. The normalized spacial score (nSPS) is 21.1. The number of ether oxygens (including phenoxy) is 1. The Labute approximate surface area is 233 Å². The minimum absolute atomic E-state index is 0.127. The number of carbonyl (C=O) groups is 3. The van der Waals surface area contributed by atoms with Crippen LogP contribution in [0.5, 0.6) is 0 Å². The molecule has 1 unspecified atom stereocenters. The summed E-state index contributed by atoms with van der Waals surface area (Å²) < 4.78 is 5.46. The van der Waals surface area contributed by atoms with Crippen LogP contribution >= 0.6 is 11.3 Å². The van der Waals surface area contributed by atoms with Gasteiger partial charge in [0, 0.05) is 45.7 Å². The SMILES string of the molecule is Cc1ncsc1-c1ccc(CNC(=O)[C@@H]2C[C@H](O)CN2C(=O)C(C)N2CCN(C(=O)OC(C)(C)C)CC2)cc1. The first-order valence-corrected chi connectivity index (χ1v) is 14.3. The van der Waals surface area contributed by atoms with Crippen molar-refractivity contribution in [1.82, 2.24) is 25.0 Å². The van der Waals surface area contributed by atoms with Crippen molar-refractivity contribution in [3.63, 3.8) is 0 Å². The second-order valence-electron chi connectivity index (χ2n) is 11.3. The van der Waals surface area contributed by atoms with Crippen LogP contribution in [0.25, 0.3) is 10.4 Å². The van der Waals surface area contributed by atoms with Crippen molar-refractivity contribution in [3.8, 4) is 10.4 Å². The molecule has 39 heavy (non-hydrogen) atoms. The van der Waals surface area contributed by atoms with E-state index < -0.39 is 23.8 Å². The van der Waals surface area contributed by atoms with Crippen LogP contribution < -0.4 is 5.32 Å². The number of amides is 3. The van der Waals surface area contributed by atoms with Gasteiger partial charge in [0.15, 0.2) is 0 Å². The molecule has 2 aliphatic heterocycles. The summed E-state index contributed by atoms with van der Waals surface area (Å²) >= 11 is 1.59.